The van der Waals surface area contributed by atoms with Crippen LogP contribution in [-0.2, 0) is 0 Å². The van der Waals surface area contributed by atoms with E-state index in [1.54, 1.807) is 0 Å². The summed E-state index contributed by atoms with van der Waals surface area (Å²) < 4.78 is 0. The van der Waals surface area contributed by atoms with Gasteiger partial charge in [-0.15, -0.1) is 0 Å². The minimum atomic E-state index is -0.503. The number of nitro groups is 1. The third kappa shape index (κ3) is 2.91. The van der Waals surface area contributed by atoms with E-state index in [2.05, 4.69) is 10.5 Å². The second kappa shape index (κ2) is 4.95. The molecule has 1 N–H and O–H groups in total. The van der Waals surface area contributed by atoms with Crippen molar-refractivity contribution in [2.45, 2.75) is 19.8 Å². The van der Waals surface area contributed by atoms with Crippen molar-refractivity contribution >= 4 is 17.3 Å². The Morgan fingerprint density at radius 3 is 2.50 bits per heavy atom. The lowest BCUT2D eigenvalue weighted by atomic mass is 10.2. The van der Waals surface area contributed by atoms with E-state index in [0.717, 1.165) is 18.6 Å². The molecule has 0 radical (unpaired) electrons. The van der Waals surface area contributed by atoms with Crippen LogP contribution in [0.2, 0.25) is 0 Å². The van der Waals surface area contributed by atoms with Gasteiger partial charge in [0.25, 0.3) is 11.6 Å². The number of nitrogens with zero attached hydrogens (tertiary/aromatic N) is 2. The molecule has 0 aliphatic heterocycles. The lowest BCUT2D eigenvalue weighted by molar-refractivity contribution is -0.384. The van der Waals surface area contributed by atoms with E-state index in [1.807, 2.05) is 6.92 Å². The van der Waals surface area contributed by atoms with Gasteiger partial charge in [-0.2, -0.15) is 5.10 Å². The van der Waals surface area contributed by atoms with Crippen molar-refractivity contribution < 1.29 is 9.72 Å². The summed E-state index contributed by atoms with van der Waals surface area (Å²) in [6.45, 7) is 1.88. The summed E-state index contributed by atoms with van der Waals surface area (Å²) in [5.41, 5.74) is 3.69. The number of rotatable bonds is 4. The zero-order valence-electron chi connectivity index (χ0n) is 9.92. The number of hydrogen-bond acceptors (Lipinski definition) is 4. The first kappa shape index (κ1) is 12.2. The van der Waals surface area contributed by atoms with Gasteiger partial charge in [0.15, 0.2) is 0 Å². The number of hydrazone groups is 1. The van der Waals surface area contributed by atoms with Gasteiger partial charge in [0.2, 0.25) is 0 Å². The Hall–Kier alpha value is -2.24. The zero-order valence-corrected chi connectivity index (χ0v) is 9.92. The van der Waals surface area contributed by atoms with E-state index >= 15 is 0 Å². The van der Waals surface area contributed by atoms with Crippen molar-refractivity contribution in [2.75, 3.05) is 0 Å². The van der Waals surface area contributed by atoms with Crippen molar-refractivity contribution in [3.8, 4) is 0 Å². The first-order valence-corrected chi connectivity index (χ1v) is 5.67. The highest BCUT2D eigenvalue weighted by atomic mass is 16.6. The predicted octanol–water partition coefficient (Wildman–Crippen LogP) is 2.11. The Bertz CT molecular complexity index is 504. The largest absolute Gasteiger partial charge is 0.271 e. The highest BCUT2D eigenvalue weighted by molar-refractivity contribution is 5.95. The summed E-state index contributed by atoms with van der Waals surface area (Å²) in [6.07, 6.45) is 2.26. The minimum Gasteiger partial charge on any atom is -0.267 e. The topological polar surface area (TPSA) is 84.6 Å². The zero-order chi connectivity index (χ0) is 13.1. The Morgan fingerprint density at radius 1 is 1.39 bits per heavy atom. The second-order valence-electron chi connectivity index (χ2n) is 4.27. The number of non-ortho nitro benzene ring substituents is 1. The second-order valence-corrected chi connectivity index (χ2v) is 4.27. The molecule has 6 nitrogen and oxygen atoms in total. The third-order valence-electron chi connectivity index (χ3n) is 2.84. The van der Waals surface area contributed by atoms with Gasteiger partial charge in [0, 0.05) is 23.4 Å². The molecule has 0 unspecified atom stereocenters. The standard InChI is InChI=1S/C12H13N3O3/c1-8(9-2-3-9)13-14-12(16)10-4-6-11(7-5-10)15(17)18/h4-7,9H,2-3H2,1H3,(H,14,16). The molecule has 0 heterocycles. The summed E-state index contributed by atoms with van der Waals surface area (Å²) in [4.78, 5) is 21.6. The molecule has 1 aliphatic rings. The van der Waals surface area contributed by atoms with Crippen LogP contribution in [0.1, 0.15) is 30.1 Å². The van der Waals surface area contributed by atoms with Gasteiger partial charge in [-0.3, -0.25) is 14.9 Å². The van der Waals surface area contributed by atoms with Crippen LogP contribution >= 0.6 is 0 Å². The molecule has 1 fully saturated rings. The Morgan fingerprint density at radius 2 is 2.00 bits per heavy atom. The van der Waals surface area contributed by atoms with Gasteiger partial charge in [-0.25, -0.2) is 5.43 Å². The average molecular weight is 247 g/mol. The van der Waals surface area contributed by atoms with Crippen molar-refractivity contribution in [3.63, 3.8) is 0 Å². The number of nitrogens with one attached hydrogen (secondary N) is 1. The van der Waals surface area contributed by atoms with Gasteiger partial charge >= 0.3 is 0 Å². The van der Waals surface area contributed by atoms with E-state index in [1.165, 1.54) is 24.3 Å². The molecule has 1 aliphatic carbocycles. The number of carbonyl (C=O) groups excluding carboxylic acids is 1. The Balaban J connectivity index is 2.00. The molecule has 2 rings (SSSR count). The van der Waals surface area contributed by atoms with Crippen LogP contribution < -0.4 is 5.43 Å². The molecule has 18 heavy (non-hydrogen) atoms. The molecule has 0 spiro atoms. The summed E-state index contributed by atoms with van der Waals surface area (Å²) >= 11 is 0. The quantitative estimate of drug-likeness (QED) is 0.502. The monoisotopic (exact) mass is 247 g/mol. The SMILES string of the molecule is CC(=NNC(=O)c1ccc([N+](=O)[O-])cc1)C1CC1. The minimum absolute atomic E-state index is 0.0378. The molecule has 1 saturated carbocycles. The maximum Gasteiger partial charge on any atom is 0.271 e. The van der Waals surface area contributed by atoms with E-state index in [4.69, 9.17) is 0 Å². The lowest BCUT2D eigenvalue weighted by Crippen LogP contribution is -2.19. The third-order valence-corrected chi connectivity index (χ3v) is 2.84. The van der Waals surface area contributed by atoms with Crippen molar-refractivity contribution in [2.24, 2.45) is 11.0 Å². The highest BCUT2D eigenvalue weighted by Crippen LogP contribution is 2.30. The summed E-state index contributed by atoms with van der Waals surface area (Å²) in [5, 5.41) is 14.5. The van der Waals surface area contributed by atoms with Crippen molar-refractivity contribution in [1.29, 1.82) is 0 Å². The molecular formula is C12H13N3O3. The van der Waals surface area contributed by atoms with Gasteiger partial charge in [-0.1, -0.05) is 0 Å². The molecule has 0 atom stereocenters. The number of amides is 1. The van der Waals surface area contributed by atoms with Crippen molar-refractivity contribution in [3.05, 3.63) is 39.9 Å². The maximum atomic E-state index is 11.7. The van der Waals surface area contributed by atoms with Crippen LogP contribution in [0.5, 0.6) is 0 Å². The van der Waals surface area contributed by atoms with E-state index < -0.39 is 4.92 Å². The molecular weight excluding hydrogens is 234 g/mol. The molecule has 0 saturated heterocycles. The molecule has 94 valence electrons. The first-order valence-electron chi connectivity index (χ1n) is 5.67. The van der Waals surface area contributed by atoms with Gasteiger partial charge in [0.1, 0.15) is 0 Å². The van der Waals surface area contributed by atoms with Crippen LogP contribution in [-0.4, -0.2) is 16.5 Å². The van der Waals surface area contributed by atoms with Crippen LogP contribution in [0.4, 0.5) is 5.69 Å². The maximum absolute atomic E-state index is 11.7. The fraction of sp³-hybridized carbons (Fsp3) is 0.333. The van der Waals surface area contributed by atoms with E-state index in [0.29, 0.717) is 11.5 Å². The molecule has 6 heteroatoms. The summed E-state index contributed by atoms with van der Waals surface area (Å²) in [6, 6.07) is 5.42. The van der Waals surface area contributed by atoms with Gasteiger partial charge < -0.3 is 0 Å². The molecule has 1 amide bonds. The molecule has 0 aromatic heterocycles. The van der Waals surface area contributed by atoms with Crippen molar-refractivity contribution in [1.82, 2.24) is 5.43 Å². The smallest absolute Gasteiger partial charge is 0.267 e. The molecule has 1 aromatic carbocycles. The normalized spacial score (nSPS) is 15.3. The van der Waals surface area contributed by atoms with Crippen LogP contribution in [0.25, 0.3) is 0 Å². The predicted molar refractivity (Wildman–Crippen MR) is 66.4 cm³/mol. The highest BCUT2D eigenvalue weighted by Gasteiger charge is 2.24. The lowest BCUT2D eigenvalue weighted by Gasteiger charge is -2.01. The van der Waals surface area contributed by atoms with E-state index in [9.17, 15) is 14.9 Å². The van der Waals surface area contributed by atoms with Gasteiger partial charge in [-0.05, 0) is 37.8 Å². The molecule has 1 aromatic rings. The van der Waals surface area contributed by atoms with E-state index in [-0.39, 0.29) is 11.6 Å². The van der Waals surface area contributed by atoms with Crippen LogP contribution in [0, 0.1) is 16.0 Å². The first-order chi connectivity index (χ1) is 8.58. The Labute approximate surface area is 104 Å². The number of nitro benzene ring substituents is 1. The van der Waals surface area contributed by atoms with Crippen LogP contribution in [0.3, 0.4) is 0 Å². The number of hydrogen-bond donors (Lipinski definition) is 1. The fourth-order valence-electron chi connectivity index (χ4n) is 1.53. The number of carbonyl (C=O) groups is 1. The fourth-order valence-corrected chi connectivity index (χ4v) is 1.53. The van der Waals surface area contributed by atoms with Gasteiger partial charge in [0.05, 0.1) is 4.92 Å². The van der Waals surface area contributed by atoms with Crippen LogP contribution in [0.15, 0.2) is 29.4 Å². The summed E-state index contributed by atoms with van der Waals surface area (Å²) in [7, 11) is 0. The Kier molecular flexibility index (Phi) is 3.36. The number of benzene rings is 1. The summed E-state index contributed by atoms with van der Waals surface area (Å²) in [5.74, 6) is 0.145. The average Bonchev–Trinajstić information content (AvgIpc) is 3.20. The molecule has 0 bridgehead atoms.